The van der Waals surface area contributed by atoms with E-state index in [0.29, 0.717) is 10.0 Å². The Morgan fingerprint density at radius 2 is 1.95 bits per heavy atom. The predicted molar refractivity (Wildman–Crippen MR) is 75.7 cm³/mol. The lowest BCUT2D eigenvalue weighted by atomic mass is 10.1. The van der Waals surface area contributed by atoms with Crippen LogP contribution in [0.3, 0.4) is 0 Å². The second-order valence-electron chi connectivity index (χ2n) is 4.54. The molecule has 0 aromatic heterocycles. The van der Waals surface area contributed by atoms with Crippen LogP contribution in [-0.4, -0.2) is 22.8 Å². The minimum Gasteiger partial charge on any atom is -0.277 e. The lowest BCUT2D eigenvalue weighted by Crippen LogP contribution is -2.57. The number of amides is 4. The highest BCUT2D eigenvalue weighted by Gasteiger charge is 2.39. The summed E-state index contributed by atoms with van der Waals surface area (Å²) in [7, 11) is 0. The van der Waals surface area contributed by atoms with E-state index in [1.165, 1.54) is 19.9 Å². The average molecular weight is 356 g/mol. The number of halogens is 1. The molecular weight excluding hydrogens is 346 g/mol. The molecule has 1 heterocycles. The van der Waals surface area contributed by atoms with Crippen molar-refractivity contribution in [1.29, 1.82) is 0 Å². The third kappa shape index (κ3) is 2.51. The van der Waals surface area contributed by atoms with Crippen LogP contribution in [0.25, 0.3) is 0 Å². The quantitative estimate of drug-likeness (QED) is 0.494. The van der Waals surface area contributed by atoms with Crippen LogP contribution in [0.5, 0.6) is 0 Å². The maximum atomic E-state index is 12.1. The van der Waals surface area contributed by atoms with Gasteiger partial charge in [0.25, 0.3) is 5.69 Å². The molecule has 1 aromatic rings. The van der Waals surface area contributed by atoms with E-state index < -0.39 is 28.7 Å². The lowest BCUT2D eigenvalue weighted by Gasteiger charge is -2.29. The maximum Gasteiger partial charge on any atom is 0.335 e. The summed E-state index contributed by atoms with van der Waals surface area (Å²) in [5.74, 6) is -2.48. The Hall–Kier alpha value is -2.29. The van der Waals surface area contributed by atoms with Gasteiger partial charge in [-0.25, -0.2) is 9.69 Å². The number of carbonyl (C=O) groups excluding carboxylic acids is 3. The van der Waals surface area contributed by atoms with Crippen molar-refractivity contribution in [3.05, 3.63) is 32.3 Å². The summed E-state index contributed by atoms with van der Waals surface area (Å²) >= 11 is 3.17. The number of urea groups is 1. The standard InChI is InChI=1S/C12H10BrN3O5/c1-5-3-7(13)9(4-8(5)16(20)21)15-11(18)6(2)10(17)14-12(15)19/h3-4,6H,1-2H3,(H,14,17,19). The fourth-order valence-electron chi connectivity index (χ4n) is 1.92. The number of nitrogens with zero attached hydrogens (tertiary/aromatic N) is 2. The Bertz CT molecular complexity index is 688. The normalized spacial score (nSPS) is 18.7. The number of benzene rings is 1. The molecule has 0 radical (unpaired) electrons. The van der Waals surface area contributed by atoms with E-state index >= 15 is 0 Å². The van der Waals surface area contributed by atoms with Crippen molar-refractivity contribution in [3.63, 3.8) is 0 Å². The molecule has 0 spiro atoms. The smallest absolute Gasteiger partial charge is 0.277 e. The van der Waals surface area contributed by atoms with Crippen molar-refractivity contribution < 1.29 is 19.3 Å². The Morgan fingerprint density at radius 1 is 1.33 bits per heavy atom. The zero-order valence-electron chi connectivity index (χ0n) is 11.0. The van der Waals surface area contributed by atoms with Gasteiger partial charge in [0.2, 0.25) is 11.8 Å². The third-order valence-electron chi connectivity index (χ3n) is 3.12. The van der Waals surface area contributed by atoms with Gasteiger partial charge < -0.3 is 0 Å². The Balaban J connectivity index is 2.57. The molecule has 2 rings (SSSR count). The number of hydrogen-bond acceptors (Lipinski definition) is 5. The van der Waals surface area contributed by atoms with Crippen molar-refractivity contribution in [3.8, 4) is 0 Å². The molecule has 1 N–H and O–H groups in total. The van der Waals surface area contributed by atoms with Gasteiger partial charge in [-0.1, -0.05) is 0 Å². The van der Waals surface area contributed by atoms with Gasteiger partial charge in [0.1, 0.15) is 5.92 Å². The van der Waals surface area contributed by atoms with Gasteiger partial charge >= 0.3 is 6.03 Å². The molecule has 1 aliphatic heterocycles. The molecule has 110 valence electrons. The Morgan fingerprint density at radius 3 is 2.52 bits per heavy atom. The molecule has 1 aromatic carbocycles. The summed E-state index contributed by atoms with van der Waals surface area (Å²) in [6.07, 6.45) is 0. The monoisotopic (exact) mass is 355 g/mol. The van der Waals surface area contributed by atoms with Crippen LogP contribution in [0.2, 0.25) is 0 Å². The van der Waals surface area contributed by atoms with Gasteiger partial charge in [0.05, 0.1) is 10.6 Å². The minimum absolute atomic E-state index is 0.0224. The molecule has 1 atom stereocenters. The highest BCUT2D eigenvalue weighted by atomic mass is 79.9. The number of barbiturate groups is 1. The molecule has 1 unspecified atom stereocenters. The molecule has 1 aliphatic rings. The van der Waals surface area contributed by atoms with E-state index in [0.717, 1.165) is 11.0 Å². The van der Waals surface area contributed by atoms with Crippen molar-refractivity contribution >= 4 is 45.2 Å². The van der Waals surface area contributed by atoms with Crippen molar-refractivity contribution in [2.24, 2.45) is 5.92 Å². The number of nitro benzene ring substituents is 1. The fourth-order valence-corrected chi connectivity index (χ4v) is 2.56. The molecule has 1 fully saturated rings. The van der Waals surface area contributed by atoms with Gasteiger partial charge in [0.15, 0.2) is 0 Å². The second-order valence-corrected chi connectivity index (χ2v) is 5.39. The zero-order valence-corrected chi connectivity index (χ0v) is 12.6. The zero-order chi connectivity index (χ0) is 15.9. The first-order chi connectivity index (χ1) is 9.73. The van der Waals surface area contributed by atoms with Crippen LogP contribution in [0.15, 0.2) is 16.6 Å². The van der Waals surface area contributed by atoms with Crippen LogP contribution in [0.1, 0.15) is 12.5 Å². The molecule has 9 heteroatoms. The van der Waals surface area contributed by atoms with Crippen LogP contribution < -0.4 is 10.2 Å². The summed E-state index contributed by atoms with van der Waals surface area (Å²) in [5, 5.41) is 13.0. The minimum atomic E-state index is -1.05. The average Bonchev–Trinajstić information content (AvgIpc) is 2.38. The van der Waals surface area contributed by atoms with Gasteiger partial charge in [-0.3, -0.25) is 25.0 Å². The topological polar surface area (TPSA) is 110 Å². The fraction of sp³-hybridized carbons (Fsp3) is 0.250. The van der Waals surface area contributed by atoms with E-state index in [9.17, 15) is 24.5 Å². The van der Waals surface area contributed by atoms with Crippen LogP contribution in [0.4, 0.5) is 16.2 Å². The van der Waals surface area contributed by atoms with Gasteiger partial charge in [-0.15, -0.1) is 0 Å². The van der Waals surface area contributed by atoms with E-state index in [1.54, 1.807) is 0 Å². The van der Waals surface area contributed by atoms with E-state index in [4.69, 9.17) is 0 Å². The van der Waals surface area contributed by atoms with Crippen LogP contribution in [0, 0.1) is 23.0 Å². The van der Waals surface area contributed by atoms with Crippen molar-refractivity contribution in [2.45, 2.75) is 13.8 Å². The number of hydrogen-bond donors (Lipinski definition) is 1. The van der Waals surface area contributed by atoms with E-state index in [-0.39, 0.29) is 11.4 Å². The molecule has 0 bridgehead atoms. The summed E-state index contributed by atoms with van der Waals surface area (Å²) < 4.78 is 0.343. The number of anilines is 1. The number of nitro groups is 1. The van der Waals surface area contributed by atoms with Crippen molar-refractivity contribution in [2.75, 3.05) is 4.90 Å². The summed E-state index contributed by atoms with van der Waals surface area (Å²) in [4.78, 5) is 46.5. The number of rotatable bonds is 2. The predicted octanol–water partition coefficient (Wildman–Crippen LogP) is 1.88. The molecular formula is C12H10BrN3O5. The van der Waals surface area contributed by atoms with Gasteiger partial charge in [0, 0.05) is 16.1 Å². The molecule has 0 saturated carbocycles. The number of carbonyl (C=O) groups is 3. The van der Waals surface area contributed by atoms with Crippen LogP contribution in [-0.2, 0) is 9.59 Å². The van der Waals surface area contributed by atoms with Crippen molar-refractivity contribution in [1.82, 2.24) is 5.32 Å². The van der Waals surface area contributed by atoms with Crippen LogP contribution >= 0.6 is 15.9 Å². The van der Waals surface area contributed by atoms with E-state index in [2.05, 4.69) is 15.9 Å². The maximum absolute atomic E-state index is 12.1. The number of aryl methyl sites for hydroxylation is 1. The first kappa shape index (κ1) is 15.1. The number of nitrogens with one attached hydrogen (secondary N) is 1. The first-order valence-corrected chi connectivity index (χ1v) is 6.66. The highest BCUT2D eigenvalue weighted by Crippen LogP contribution is 2.34. The lowest BCUT2D eigenvalue weighted by molar-refractivity contribution is -0.385. The Kier molecular flexibility index (Phi) is 3.77. The largest absolute Gasteiger partial charge is 0.335 e. The molecule has 0 aliphatic carbocycles. The highest BCUT2D eigenvalue weighted by molar-refractivity contribution is 9.10. The molecule has 21 heavy (non-hydrogen) atoms. The summed E-state index contributed by atoms with van der Waals surface area (Å²) in [5.41, 5.74) is 0.178. The molecule has 1 saturated heterocycles. The first-order valence-electron chi connectivity index (χ1n) is 5.87. The second kappa shape index (κ2) is 5.24. The van der Waals surface area contributed by atoms with E-state index in [1.807, 2.05) is 5.32 Å². The van der Waals surface area contributed by atoms with Gasteiger partial charge in [-0.2, -0.15) is 0 Å². The third-order valence-corrected chi connectivity index (χ3v) is 3.76. The Labute approximate surface area is 127 Å². The van der Waals surface area contributed by atoms with Gasteiger partial charge in [-0.05, 0) is 35.8 Å². The molecule has 8 nitrogen and oxygen atoms in total. The number of imide groups is 2. The SMILES string of the molecule is Cc1cc(Br)c(N2C(=O)NC(=O)C(C)C2=O)cc1[N+](=O)[O-]. The summed E-state index contributed by atoms with van der Waals surface area (Å²) in [6.45, 7) is 2.89. The summed E-state index contributed by atoms with van der Waals surface area (Å²) in [6, 6.07) is 1.64. The molecule has 4 amide bonds.